The Morgan fingerprint density at radius 1 is 0.210 bits per heavy atom. The SMILES string of the molecule is CC(C)c1cccc(C(C)C)c1OP(=O)([O-])Oc1c(C(C)C)cccc1C(C)C.CC(C)c1cccc(C(C)C)c1OP(=O)([O-])Oc1c(C(C)C)cccc1C(C)C.CC(C)c1cccc(C(C)C)c1OP(=O)([O-])Oc1c(C(C)C)cccc1C(C)C.CO.CO.CO.CO.CO.CO.[La+3]. The van der Waals surface area contributed by atoms with Crippen molar-refractivity contribution < 1.29 is 122 Å². The summed E-state index contributed by atoms with van der Waals surface area (Å²) in [5.74, 6) is 3.83. The third kappa shape index (κ3) is 32.3. The molecule has 0 radical (unpaired) electrons. The maximum atomic E-state index is 13.1. The summed E-state index contributed by atoms with van der Waals surface area (Å²) in [6.07, 6.45) is 0. The fourth-order valence-corrected chi connectivity index (χ4v) is 13.0. The quantitative estimate of drug-likeness (QED) is 0.0307. The Bertz CT molecular complexity index is 2660. The van der Waals surface area contributed by atoms with Gasteiger partial charge in [0.15, 0.2) is 0 Å². The normalized spacial score (nSPS) is 11.1. The summed E-state index contributed by atoms with van der Waals surface area (Å²) in [6, 6.07) is 34.6. The van der Waals surface area contributed by atoms with Gasteiger partial charge >= 0.3 is 59.1 Å². The Morgan fingerprint density at radius 3 is 0.340 bits per heavy atom. The van der Waals surface area contributed by atoms with Crippen molar-refractivity contribution in [3.8, 4) is 34.5 Å². The van der Waals surface area contributed by atoms with Crippen LogP contribution in [0.15, 0.2) is 109 Å². The molecule has 100 heavy (non-hydrogen) atoms. The molecule has 18 nitrogen and oxygen atoms in total. The van der Waals surface area contributed by atoms with Gasteiger partial charge in [0, 0.05) is 42.7 Å². The fraction of sp³-hybridized carbons (Fsp3) is 0.538. The number of hydrogen-bond donors (Lipinski definition) is 6. The number of aliphatic hydroxyl groups is 6. The molecule has 6 aromatic carbocycles. The van der Waals surface area contributed by atoms with Gasteiger partial charge in [-0.1, -0.05) is 275 Å². The first-order valence-electron chi connectivity index (χ1n) is 33.9. The van der Waals surface area contributed by atoms with E-state index in [4.69, 9.17) is 57.8 Å². The topological polar surface area (TPSA) is 297 Å². The summed E-state index contributed by atoms with van der Waals surface area (Å²) in [4.78, 5) is 39.2. The minimum Gasteiger partial charge on any atom is -0.736 e. The van der Waals surface area contributed by atoms with E-state index in [1.54, 1.807) is 0 Å². The van der Waals surface area contributed by atoms with Crippen molar-refractivity contribution in [1.29, 1.82) is 0 Å². The van der Waals surface area contributed by atoms with E-state index < -0.39 is 23.5 Å². The molecule has 0 unspecified atom stereocenters. The van der Waals surface area contributed by atoms with Crippen LogP contribution in [-0.2, 0) is 13.7 Å². The Kier molecular flexibility index (Phi) is 52.0. The first-order chi connectivity index (χ1) is 46.3. The predicted octanol–water partition coefficient (Wildman–Crippen LogP) is 19.0. The van der Waals surface area contributed by atoms with Gasteiger partial charge in [0.2, 0.25) is 0 Å². The van der Waals surface area contributed by atoms with Gasteiger partial charge < -0.3 is 72.5 Å². The van der Waals surface area contributed by atoms with E-state index in [9.17, 15) is 28.4 Å². The van der Waals surface area contributed by atoms with Gasteiger partial charge in [-0.25, -0.2) is 13.7 Å². The molecule has 0 aliphatic heterocycles. The van der Waals surface area contributed by atoms with Crippen molar-refractivity contribution in [3.05, 3.63) is 176 Å². The molecule has 0 aromatic heterocycles. The van der Waals surface area contributed by atoms with Gasteiger partial charge in [0.1, 0.15) is 34.5 Å². The second kappa shape index (κ2) is 50.9. The minimum absolute atomic E-state index is 0. The van der Waals surface area contributed by atoms with Crippen LogP contribution in [0, 0.1) is 35.6 Å². The van der Waals surface area contributed by atoms with E-state index in [1.807, 2.05) is 275 Å². The second-order valence-electron chi connectivity index (χ2n) is 26.3. The second-order valence-corrected chi connectivity index (χ2v) is 30.1. The van der Waals surface area contributed by atoms with Gasteiger partial charge in [-0.3, -0.25) is 0 Å². The van der Waals surface area contributed by atoms with Crippen LogP contribution in [-0.4, -0.2) is 73.3 Å². The molecule has 22 heteroatoms. The molecule has 0 saturated heterocycles. The molecule has 0 saturated carbocycles. The molecule has 0 aliphatic rings. The maximum absolute atomic E-state index is 13.1. The Balaban J connectivity index is -0.000000638. The maximum Gasteiger partial charge on any atom is 3.00 e. The number of benzene rings is 6. The smallest absolute Gasteiger partial charge is 0.736 e. The zero-order valence-corrected chi connectivity index (χ0v) is 72.1. The molecule has 0 aliphatic carbocycles. The van der Waals surface area contributed by atoms with Crippen LogP contribution in [0.2, 0.25) is 0 Å². The molecule has 0 spiro atoms. The molecule has 6 aromatic rings. The molecular formula is C78H126LaO18P3. The van der Waals surface area contributed by atoms with Crippen molar-refractivity contribution in [3.63, 3.8) is 0 Å². The molecule has 0 bridgehead atoms. The van der Waals surface area contributed by atoms with Crippen molar-refractivity contribution in [2.75, 3.05) is 42.7 Å². The first kappa shape index (κ1) is 102. The van der Waals surface area contributed by atoms with E-state index in [0.29, 0.717) is 34.5 Å². The van der Waals surface area contributed by atoms with Crippen LogP contribution in [0.1, 0.15) is 304 Å². The molecule has 0 fully saturated rings. The number of rotatable bonds is 24. The summed E-state index contributed by atoms with van der Waals surface area (Å²) >= 11 is 0. The summed E-state index contributed by atoms with van der Waals surface area (Å²) in [7, 11) is -7.96. The molecule has 6 N–H and O–H groups in total. The van der Waals surface area contributed by atoms with Crippen LogP contribution in [0.5, 0.6) is 34.5 Å². The average Bonchev–Trinajstić information content (AvgIpc) is 0.805. The largest absolute Gasteiger partial charge is 3.00 e. The summed E-state index contributed by atoms with van der Waals surface area (Å²) in [5.41, 5.74) is 10.3. The molecule has 564 valence electrons. The van der Waals surface area contributed by atoms with Gasteiger partial charge in [0.25, 0.3) is 0 Å². The van der Waals surface area contributed by atoms with Crippen LogP contribution in [0.3, 0.4) is 0 Å². The van der Waals surface area contributed by atoms with Crippen LogP contribution in [0.25, 0.3) is 0 Å². The Labute approximate surface area is 631 Å². The van der Waals surface area contributed by atoms with Crippen LogP contribution < -0.4 is 41.8 Å². The molecule has 6 rings (SSSR count). The predicted molar refractivity (Wildman–Crippen MR) is 403 cm³/mol. The van der Waals surface area contributed by atoms with Crippen LogP contribution in [0.4, 0.5) is 0 Å². The Hall–Kier alpha value is -4.36. The third-order valence-electron chi connectivity index (χ3n) is 15.1. The Morgan fingerprint density at radius 2 is 0.280 bits per heavy atom. The number of phosphoric ester groups is 3. The van der Waals surface area contributed by atoms with E-state index in [1.165, 1.54) is 0 Å². The third-order valence-corrected chi connectivity index (χ3v) is 17.6. The van der Waals surface area contributed by atoms with Crippen LogP contribution >= 0.6 is 23.5 Å². The molecular weight excluding hydrogens is 1460 g/mol. The van der Waals surface area contributed by atoms with E-state index >= 15 is 0 Å². The average molecular weight is 1580 g/mol. The van der Waals surface area contributed by atoms with Gasteiger partial charge in [-0.05, 0) is 138 Å². The zero-order chi connectivity index (χ0) is 77.8. The zero-order valence-electron chi connectivity index (χ0n) is 65.8. The fourth-order valence-electron chi connectivity index (χ4n) is 10.3. The number of hydrogen-bond acceptors (Lipinski definition) is 18. The van der Waals surface area contributed by atoms with Crippen molar-refractivity contribution in [1.82, 2.24) is 0 Å². The monoisotopic (exact) mass is 1580 g/mol. The summed E-state index contributed by atoms with van der Waals surface area (Å²) < 4.78 is 73.0. The first-order valence-corrected chi connectivity index (χ1v) is 38.3. The van der Waals surface area contributed by atoms with Gasteiger partial charge in [-0.2, -0.15) is 0 Å². The van der Waals surface area contributed by atoms with E-state index in [0.717, 1.165) is 109 Å². The van der Waals surface area contributed by atoms with Crippen molar-refractivity contribution >= 4 is 23.5 Å². The molecule has 0 amide bonds. The number of phosphoric acid groups is 3. The molecule has 0 atom stereocenters. The van der Waals surface area contributed by atoms with E-state index in [2.05, 4.69) is 0 Å². The number of para-hydroxylation sites is 6. The van der Waals surface area contributed by atoms with Crippen molar-refractivity contribution in [2.45, 2.75) is 237 Å². The number of aliphatic hydroxyl groups excluding tert-OH is 6. The molecule has 0 heterocycles. The van der Waals surface area contributed by atoms with Crippen molar-refractivity contribution in [2.24, 2.45) is 0 Å². The minimum atomic E-state index is -4.65. The summed E-state index contributed by atoms with van der Waals surface area (Å²) in [6.45, 7) is 48.5. The van der Waals surface area contributed by atoms with E-state index in [-0.39, 0.29) is 107 Å². The summed E-state index contributed by atoms with van der Waals surface area (Å²) in [5, 5.41) is 42.0. The standard InChI is InChI=1S/3C24H35O4P.6CH4O.La/c3*1-15(2)19-11-9-12-20(16(3)4)23(19)27-29(25,26)28-24-21(17(5)6)13-10-14-22(24)18(7)8;6*1-2;/h3*9-18H,1-8H3,(H,25,26);6*2H,1H3;/q;;;;;;;;;+3/p-3. The van der Waals surface area contributed by atoms with Gasteiger partial charge in [0.05, 0.1) is 0 Å². The van der Waals surface area contributed by atoms with Gasteiger partial charge in [-0.15, -0.1) is 0 Å².